The van der Waals surface area contributed by atoms with Gasteiger partial charge in [-0.05, 0) is 25.7 Å². The van der Waals surface area contributed by atoms with Gasteiger partial charge in [0.1, 0.15) is 11.6 Å². The Morgan fingerprint density at radius 1 is 0.774 bits per heavy atom. The van der Waals surface area contributed by atoms with Gasteiger partial charge in [0.05, 0.1) is 19.6 Å². The molecule has 0 radical (unpaired) electrons. The van der Waals surface area contributed by atoms with Crippen molar-refractivity contribution in [3.05, 3.63) is 12.2 Å². The third-order valence-electron chi connectivity index (χ3n) is 4.66. The van der Waals surface area contributed by atoms with Crippen LogP contribution in [0.15, 0.2) is 12.2 Å². The summed E-state index contributed by atoms with van der Waals surface area (Å²) in [5.41, 5.74) is 0. The quantitative estimate of drug-likeness (QED) is 0.160. The molecule has 9 nitrogen and oxygen atoms in total. The highest BCUT2D eigenvalue weighted by Crippen LogP contribution is 2.11. The van der Waals surface area contributed by atoms with Gasteiger partial charge in [0.15, 0.2) is 6.29 Å². The van der Waals surface area contributed by atoms with Crippen LogP contribution in [0.1, 0.15) is 51.4 Å². The summed E-state index contributed by atoms with van der Waals surface area (Å²) in [5, 5.41) is 0. The molecule has 0 aromatic heterocycles. The molecule has 0 fully saturated rings. The predicted molar refractivity (Wildman–Crippen MR) is 112 cm³/mol. The first-order valence-electron chi connectivity index (χ1n) is 10.8. The van der Waals surface area contributed by atoms with Gasteiger partial charge in [-0.15, -0.1) is 0 Å². The Bertz CT molecular complexity index is 574. The average molecular weight is 442 g/mol. The number of amides is 2. The predicted octanol–water partition coefficient (Wildman–Crippen LogP) is 1.82. The highest BCUT2D eigenvalue weighted by molar-refractivity contribution is 6.13. The molecule has 0 unspecified atom stereocenters. The Morgan fingerprint density at radius 2 is 1.29 bits per heavy atom. The number of ether oxygens (including phenoxy) is 4. The van der Waals surface area contributed by atoms with Crippen LogP contribution >= 0.6 is 0 Å². The van der Waals surface area contributed by atoms with Gasteiger partial charge in [-0.3, -0.25) is 24.1 Å². The fourth-order valence-electron chi connectivity index (χ4n) is 2.95. The largest absolute Gasteiger partial charge is 0.385 e. The maximum Gasteiger partial charge on any atom is 0.253 e. The molecular formula is C22H35NO8. The third kappa shape index (κ3) is 12.5. The van der Waals surface area contributed by atoms with E-state index in [1.165, 1.54) is 12.2 Å². The zero-order valence-electron chi connectivity index (χ0n) is 18.6. The number of carbonyl (C=O) groups excluding carboxylic acids is 4. The van der Waals surface area contributed by atoms with Crippen molar-refractivity contribution in [2.24, 2.45) is 0 Å². The number of methoxy groups -OCH3 is 2. The van der Waals surface area contributed by atoms with Crippen LogP contribution in [-0.4, -0.2) is 81.8 Å². The molecule has 0 aliphatic carbocycles. The number of rotatable bonds is 20. The smallest absolute Gasteiger partial charge is 0.253 e. The molecule has 1 heterocycles. The molecule has 0 atom stereocenters. The van der Waals surface area contributed by atoms with Crippen molar-refractivity contribution >= 4 is 23.4 Å². The van der Waals surface area contributed by atoms with E-state index >= 15 is 0 Å². The number of Topliss-reactive ketones (excluding diaryl/α,β-unsaturated/α-hetero) is 2. The lowest BCUT2D eigenvalue weighted by molar-refractivity contribution is -0.158. The van der Waals surface area contributed by atoms with Crippen molar-refractivity contribution in [1.29, 1.82) is 0 Å². The Balaban J connectivity index is 2.20. The van der Waals surface area contributed by atoms with E-state index in [4.69, 9.17) is 18.9 Å². The molecule has 1 rings (SSSR count). The van der Waals surface area contributed by atoms with Crippen LogP contribution in [0.4, 0.5) is 0 Å². The van der Waals surface area contributed by atoms with Crippen LogP contribution in [0.25, 0.3) is 0 Å². The first kappa shape index (κ1) is 27.1. The number of ketones is 2. The minimum absolute atomic E-state index is 0.0234. The summed E-state index contributed by atoms with van der Waals surface area (Å²) in [6.45, 7) is 2.15. The molecule has 9 heteroatoms. The first-order valence-corrected chi connectivity index (χ1v) is 10.8. The van der Waals surface area contributed by atoms with E-state index in [1.54, 1.807) is 14.2 Å². The molecule has 31 heavy (non-hydrogen) atoms. The second-order valence-corrected chi connectivity index (χ2v) is 7.26. The van der Waals surface area contributed by atoms with Crippen LogP contribution in [-0.2, 0) is 38.1 Å². The fourth-order valence-corrected chi connectivity index (χ4v) is 2.95. The summed E-state index contributed by atoms with van der Waals surface area (Å²) in [7, 11) is 3.24. The molecule has 0 bridgehead atoms. The Morgan fingerprint density at radius 3 is 1.81 bits per heavy atom. The maximum atomic E-state index is 12.3. The minimum atomic E-state index is -0.591. The summed E-state index contributed by atoms with van der Waals surface area (Å²) >= 11 is 0. The van der Waals surface area contributed by atoms with Crippen LogP contribution in [0.2, 0.25) is 0 Å². The van der Waals surface area contributed by atoms with Crippen LogP contribution in [0, 0.1) is 0 Å². The lowest BCUT2D eigenvalue weighted by atomic mass is 10.1. The zero-order chi connectivity index (χ0) is 22.9. The van der Waals surface area contributed by atoms with Crippen molar-refractivity contribution in [1.82, 2.24) is 4.90 Å². The highest BCUT2D eigenvalue weighted by atomic mass is 16.7. The average Bonchev–Trinajstić information content (AvgIpc) is 3.07. The molecule has 0 spiro atoms. The number of imide groups is 1. The van der Waals surface area contributed by atoms with Crippen molar-refractivity contribution in [3.8, 4) is 0 Å². The van der Waals surface area contributed by atoms with Gasteiger partial charge in [-0.1, -0.05) is 0 Å². The van der Waals surface area contributed by atoms with Crippen LogP contribution < -0.4 is 0 Å². The number of unbranched alkanes of at least 4 members (excludes halogenated alkanes) is 1. The summed E-state index contributed by atoms with van der Waals surface area (Å²) < 4.78 is 21.3. The number of hydrogen-bond donors (Lipinski definition) is 0. The van der Waals surface area contributed by atoms with Crippen LogP contribution in [0.3, 0.4) is 0 Å². The van der Waals surface area contributed by atoms with Crippen molar-refractivity contribution < 1.29 is 38.1 Å². The normalized spacial score (nSPS) is 13.6. The Labute approximate surface area is 184 Å². The monoisotopic (exact) mass is 441 g/mol. The number of hydrogen-bond acceptors (Lipinski definition) is 8. The Hall–Kier alpha value is -1.94. The number of nitrogens with zero attached hydrogens (tertiary/aromatic N) is 1. The molecule has 0 aromatic rings. The molecule has 0 saturated heterocycles. The minimum Gasteiger partial charge on any atom is -0.385 e. The topological polar surface area (TPSA) is 108 Å². The van der Waals surface area contributed by atoms with E-state index in [-0.39, 0.29) is 42.8 Å². The maximum absolute atomic E-state index is 12.3. The molecule has 0 aromatic carbocycles. The molecular weight excluding hydrogens is 406 g/mol. The van der Waals surface area contributed by atoms with Gasteiger partial charge >= 0.3 is 0 Å². The molecule has 0 saturated carbocycles. The SMILES string of the molecule is COCCCOC(CC(=O)CCCCC(=O)CCN1C(=O)C=CC1=O)OCCCOC. The second kappa shape index (κ2) is 16.7. The third-order valence-corrected chi connectivity index (χ3v) is 4.66. The summed E-state index contributed by atoms with van der Waals surface area (Å²) in [6, 6.07) is 0. The summed E-state index contributed by atoms with van der Waals surface area (Å²) in [5.74, 6) is -0.769. The van der Waals surface area contributed by atoms with E-state index in [0.717, 1.165) is 17.7 Å². The van der Waals surface area contributed by atoms with Gasteiger partial charge in [-0.2, -0.15) is 0 Å². The molecule has 1 aliphatic rings. The van der Waals surface area contributed by atoms with E-state index in [1.807, 2.05) is 0 Å². The molecule has 176 valence electrons. The van der Waals surface area contributed by atoms with Gasteiger partial charge in [0, 0.05) is 65.4 Å². The fraction of sp³-hybridized carbons (Fsp3) is 0.727. The van der Waals surface area contributed by atoms with Gasteiger partial charge in [-0.25, -0.2) is 0 Å². The lowest BCUT2D eigenvalue weighted by Crippen LogP contribution is -2.32. The molecule has 0 N–H and O–H groups in total. The van der Waals surface area contributed by atoms with E-state index < -0.39 is 6.29 Å². The van der Waals surface area contributed by atoms with Gasteiger partial charge < -0.3 is 18.9 Å². The molecule has 2 amide bonds. The molecule has 1 aliphatic heterocycles. The Kier molecular flexibility index (Phi) is 14.6. The lowest BCUT2D eigenvalue weighted by Gasteiger charge is -2.18. The highest BCUT2D eigenvalue weighted by Gasteiger charge is 2.23. The van der Waals surface area contributed by atoms with Crippen molar-refractivity contribution in [2.45, 2.75) is 57.7 Å². The standard InChI is InChI=1S/C22H35NO8/c1-28-13-5-15-30-22(31-16-6-14-29-2)17-19(25)8-4-3-7-18(24)11-12-23-20(26)9-10-21(23)27/h9-10,22H,3-8,11-17H2,1-2H3. The zero-order valence-corrected chi connectivity index (χ0v) is 18.6. The van der Waals surface area contributed by atoms with E-state index in [2.05, 4.69) is 0 Å². The van der Waals surface area contributed by atoms with Gasteiger partial charge in [0.25, 0.3) is 11.8 Å². The van der Waals surface area contributed by atoms with Crippen molar-refractivity contribution in [2.75, 3.05) is 47.2 Å². The van der Waals surface area contributed by atoms with E-state index in [0.29, 0.717) is 52.1 Å². The summed E-state index contributed by atoms with van der Waals surface area (Å²) in [6.07, 6.45) is 5.40. The first-order chi connectivity index (χ1) is 15.0. The van der Waals surface area contributed by atoms with Crippen LogP contribution in [0.5, 0.6) is 0 Å². The van der Waals surface area contributed by atoms with Gasteiger partial charge in [0.2, 0.25) is 0 Å². The number of carbonyl (C=O) groups is 4. The summed E-state index contributed by atoms with van der Waals surface area (Å²) in [4.78, 5) is 48.2. The van der Waals surface area contributed by atoms with E-state index in [9.17, 15) is 19.2 Å². The second-order valence-electron chi connectivity index (χ2n) is 7.26. The van der Waals surface area contributed by atoms with Crippen molar-refractivity contribution in [3.63, 3.8) is 0 Å².